The van der Waals surface area contributed by atoms with E-state index in [-0.39, 0.29) is 39.2 Å². The number of benzene rings is 4. The third-order valence-electron chi connectivity index (χ3n) is 13.3. The fourth-order valence-electron chi connectivity index (χ4n) is 9.37. The van der Waals surface area contributed by atoms with Crippen LogP contribution in [0.5, 0.6) is 0 Å². The minimum Gasteiger partial charge on any atom is -0.452 e. The first-order chi connectivity index (χ1) is 37.2. The van der Waals surface area contributed by atoms with Crippen LogP contribution in [0.3, 0.4) is 0 Å². The van der Waals surface area contributed by atoms with Gasteiger partial charge < -0.3 is 50.3 Å². The van der Waals surface area contributed by atoms with E-state index < -0.39 is 89.5 Å². The predicted molar refractivity (Wildman–Crippen MR) is 274 cm³/mol. The van der Waals surface area contributed by atoms with Crippen molar-refractivity contribution in [1.29, 1.82) is 0 Å². The predicted octanol–water partition coefficient (Wildman–Crippen LogP) is 5.99. The second kappa shape index (κ2) is 22.0. The Hall–Kier alpha value is -9.10. The molecule has 0 radical (unpaired) electrons. The van der Waals surface area contributed by atoms with E-state index in [1.54, 1.807) is 115 Å². The van der Waals surface area contributed by atoms with Gasteiger partial charge in [-0.2, -0.15) is 9.97 Å². The quantitative estimate of drug-likeness (QED) is 0.0472. The van der Waals surface area contributed by atoms with Crippen LogP contribution in [-0.4, -0.2) is 121 Å². The molecule has 394 valence electrons. The molecule has 11 rings (SSSR count). The van der Waals surface area contributed by atoms with Crippen LogP contribution in [0.1, 0.15) is 93.4 Å². The lowest BCUT2D eigenvalue weighted by atomic mass is 10.1. The Bertz CT molecular complexity index is 3400. The van der Waals surface area contributed by atoms with E-state index in [2.05, 4.69) is 35.2 Å². The van der Waals surface area contributed by atoms with Gasteiger partial charge in [-0.15, -0.1) is 0 Å². The van der Waals surface area contributed by atoms with Crippen LogP contribution in [0.15, 0.2) is 134 Å². The van der Waals surface area contributed by atoms with Crippen LogP contribution in [0.25, 0.3) is 22.3 Å². The number of rotatable bonds is 12. The summed E-state index contributed by atoms with van der Waals surface area (Å²) in [5.41, 5.74) is 7.15. The molecule has 3 aliphatic rings. The SMILES string of the molecule is C[C@H]1O[C@@H](n2cnc3c(N(C(=O)c4ccccc4)C(=O)c4ccccc4)nc([N+](=O)[O-])nc32)[C@H](OC(=O)c2ccccc2)[C@@H]1OC(=O)c1ccccc1.C[C@H]1O[C@@H](n2cnc3c(N)nc(NC4CCCC4)nc32)[C@H](O)[C@@H]1O. The zero-order chi connectivity index (χ0) is 53.9. The number of ether oxygens (including phenoxy) is 4. The number of hydrogen-bond donors (Lipinski definition) is 4. The Balaban J connectivity index is 0.000000232. The van der Waals surface area contributed by atoms with E-state index in [1.165, 1.54) is 54.3 Å². The molecule has 77 heavy (non-hydrogen) atoms. The number of nitro groups is 1. The summed E-state index contributed by atoms with van der Waals surface area (Å²) >= 11 is 0. The highest BCUT2D eigenvalue weighted by atomic mass is 16.6. The second-order valence-electron chi connectivity index (χ2n) is 18.4. The molecule has 3 fully saturated rings. The lowest BCUT2D eigenvalue weighted by Gasteiger charge is -2.24. The lowest BCUT2D eigenvalue weighted by molar-refractivity contribution is -0.394. The number of fused-ring (bicyclic) bond motifs is 2. The fourth-order valence-corrected chi connectivity index (χ4v) is 9.37. The standard InChI is InChI=1S/C38H28N6O9.C15H22N6O3/c1-23-29(52-36(47)26-18-10-4-11-19-26)30(53-37(48)27-20-12-5-13-21-27)35(51-23)42-22-39-28-31(42)40-38(44(49)50)41-32(28)43(33(45)24-14-6-2-7-15-24)34(46)25-16-8-3-9-17-25;1-7-10(22)11(23)14(24-7)21-6-17-9-12(16)19-15(20-13(9)21)18-8-4-2-3-5-8/h2-23,29-30,35H,1H3;6-8,10-11,14,22-23H,2-5H2,1H3,(H3,16,18,19,20)/t23-,29-,30-,35-;7-,10-,11-,14-/m11/s1. The number of aliphatic hydroxyl groups is 2. The molecule has 8 aromatic rings. The Morgan fingerprint density at radius 2 is 1.13 bits per heavy atom. The monoisotopic (exact) mass is 1050 g/mol. The minimum absolute atomic E-state index is 0.0922. The van der Waals surface area contributed by atoms with Crippen molar-refractivity contribution < 1.29 is 53.3 Å². The van der Waals surface area contributed by atoms with Crippen molar-refractivity contribution in [1.82, 2.24) is 39.0 Å². The highest BCUT2D eigenvalue weighted by molar-refractivity contribution is 6.27. The molecule has 6 heterocycles. The summed E-state index contributed by atoms with van der Waals surface area (Å²) in [7, 11) is 0. The normalized spacial score (nSPS) is 22.0. The zero-order valence-corrected chi connectivity index (χ0v) is 41.3. The molecule has 1 saturated carbocycles. The van der Waals surface area contributed by atoms with Crippen molar-refractivity contribution in [3.05, 3.63) is 166 Å². The van der Waals surface area contributed by atoms with Gasteiger partial charge in [-0.05, 0) is 90.1 Å². The van der Waals surface area contributed by atoms with Gasteiger partial charge in [0, 0.05) is 17.2 Å². The number of esters is 2. The Kier molecular flexibility index (Phi) is 14.7. The first-order valence-corrected chi connectivity index (χ1v) is 24.6. The van der Waals surface area contributed by atoms with Crippen LogP contribution in [0.2, 0.25) is 0 Å². The van der Waals surface area contributed by atoms with Crippen LogP contribution in [0.4, 0.5) is 23.5 Å². The maximum absolute atomic E-state index is 14.1. The van der Waals surface area contributed by atoms with Crippen LogP contribution in [0, 0.1) is 10.1 Å². The van der Waals surface area contributed by atoms with E-state index in [4.69, 9.17) is 24.7 Å². The maximum Gasteiger partial charge on any atom is 0.473 e. The third-order valence-corrected chi connectivity index (χ3v) is 13.3. The molecular weight excluding hydrogens is 997 g/mol. The van der Waals surface area contributed by atoms with E-state index in [0.717, 1.165) is 12.8 Å². The van der Waals surface area contributed by atoms with Crippen molar-refractivity contribution in [3.8, 4) is 0 Å². The van der Waals surface area contributed by atoms with Crippen molar-refractivity contribution in [2.45, 2.75) is 94.7 Å². The molecule has 0 bridgehead atoms. The molecule has 2 saturated heterocycles. The van der Waals surface area contributed by atoms with E-state index in [0.29, 0.717) is 28.1 Å². The Labute approximate surface area is 437 Å². The van der Waals surface area contributed by atoms with Gasteiger partial charge in [0.1, 0.15) is 24.1 Å². The maximum atomic E-state index is 14.1. The number of imide groups is 1. The molecule has 0 unspecified atom stereocenters. The number of hydrogen-bond acceptors (Lipinski definition) is 20. The first-order valence-electron chi connectivity index (χ1n) is 24.6. The molecule has 0 spiro atoms. The number of nitrogens with two attached hydrogens (primary N) is 1. The number of nitrogens with one attached hydrogen (secondary N) is 1. The number of nitrogen functional groups attached to an aromatic ring is 1. The van der Waals surface area contributed by atoms with Gasteiger partial charge in [0.05, 0.1) is 29.7 Å². The summed E-state index contributed by atoms with van der Waals surface area (Å²) in [6.07, 6.45) is -0.667. The van der Waals surface area contributed by atoms with Crippen molar-refractivity contribution in [2.24, 2.45) is 0 Å². The number of aliphatic hydroxyl groups excluding tert-OH is 2. The van der Waals surface area contributed by atoms with Crippen LogP contribution >= 0.6 is 0 Å². The molecule has 4 aromatic heterocycles. The molecule has 1 aliphatic carbocycles. The number of aromatic nitrogens is 8. The molecule has 4 aromatic carbocycles. The molecule has 2 amide bonds. The highest BCUT2D eigenvalue weighted by Crippen LogP contribution is 2.39. The minimum atomic E-state index is -1.34. The summed E-state index contributed by atoms with van der Waals surface area (Å²) in [5, 5.41) is 35.7. The number of amides is 2. The summed E-state index contributed by atoms with van der Waals surface area (Å²) in [6.45, 7) is 3.32. The highest BCUT2D eigenvalue weighted by Gasteiger charge is 2.50. The Morgan fingerprint density at radius 3 is 1.65 bits per heavy atom. The number of imidazole rings is 2. The van der Waals surface area contributed by atoms with Gasteiger partial charge in [0.15, 0.2) is 41.6 Å². The molecule has 8 atom stereocenters. The van der Waals surface area contributed by atoms with Crippen molar-refractivity contribution in [3.63, 3.8) is 0 Å². The summed E-state index contributed by atoms with van der Waals surface area (Å²) in [6, 6.07) is 32.3. The largest absolute Gasteiger partial charge is 0.473 e. The van der Waals surface area contributed by atoms with E-state index in [9.17, 15) is 39.5 Å². The average molecular weight is 1050 g/mol. The van der Waals surface area contributed by atoms with E-state index in [1.807, 2.05) is 0 Å². The van der Waals surface area contributed by atoms with E-state index >= 15 is 0 Å². The van der Waals surface area contributed by atoms with Gasteiger partial charge in [0.2, 0.25) is 11.6 Å². The van der Waals surface area contributed by atoms with Gasteiger partial charge in [-0.3, -0.25) is 18.7 Å². The van der Waals surface area contributed by atoms with Gasteiger partial charge in [-0.1, -0.05) is 85.6 Å². The second-order valence-corrected chi connectivity index (χ2v) is 18.4. The number of anilines is 3. The number of nitrogens with zero attached hydrogens (tertiary/aromatic N) is 10. The van der Waals surface area contributed by atoms with Crippen molar-refractivity contribution in [2.75, 3.05) is 16.0 Å². The Morgan fingerprint density at radius 1 is 0.649 bits per heavy atom. The summed E-state index contributed by atoms with van der Waals surface area (Å²) in [5.74, 6) is -3.85. The number of carbonyl (C=O) groups excluding carboxylic acids is 4. The zero-order valence-electron chi connectivity index (χ0n) is 41.3. The molecular formula is C53H50N12O12. The van der Waals surface area contributed by atoms with Gasteiger partial charge >= 0.3 is 17.9 Å². The molecule has 5 N–H and O–H groups in total. The van der Waals surface area contributed by atoms with Gasteiger partial charge in [0.25, 0.3) is 17.6 Å². The third kappa shape index (κ3) is 10.5. The first kappa shape index (κ1) is 51.4. The van der Waals surface area contributed by atoms with Crippen molar-refractivity contribution >= 4 is 69.6 Å². The van der Waals surface area contributed by atoms with Gasteiger partial charge in [-0.25, -0.2) is 24.5 Å². The molecule has 24 heteroatoms. The molecule has 24 nitrogen and oxygen atoms in total. The summed E-state index contributed by atoms with van der Waals surface area (Å²) < 4.78 is 26.6. The van der Waals surface area contributed by atoms with Crippen LogP contribution < -0.4 is 16.0 Å². The topological polar surface area (TPSA) is 317 Å². The average Bonchev–Trinajstić information content (AvgIpc) is 4.36. The summed E-state index contributed by atoms with van der Waals surface area (Å²) in [4.78, 5) is 92.6. The lowest BCUT2D eigenvalue weighted by Crippen LogP contribution is -2.39. The smallest absolute Gasteiger partial charge is 0.452 e. The molecule has 2 aliphatic heterocycles. The van der Waals surface area contributed by atoms with Crippen LogP contribution in [-0.2, 0) is 18.9 Å². The number of carbonyl (C=O) groups is 4. The fraction of sp³-hybridized carbons (Fsp3) is 0.283.